The number of rotatable bonds is 6. The van der Waals surface area contributed by atoms with Crippen LogP contribution in [0.2, 0.25) is 0 Å². The highest BCUT2D eigenvalue weighted by molar-refractivity contribution is 5.25. The summed E-state index contributed by atoms with van der Waals surface area (Å²) in [5.74, 6) is 0.355. The molecule has 0 radical (unpaired) electrons. The van der Waals surface area contributed by atoms with Crippen molar-refractivity contribution in [1.82, 2.24) is 14.7 Å². The number of aryl methyl sites for hydroxylation is 1. The number of hydrogen-bond acceptors (Lipinski definition) is 4. The molecule has 1 aliphatic rings. The zero-order valence-corrected chi connectivity index (χ0v) is 12.8. The van der Waals surface area contributed by atoms with Gasteiger partial charge in [-0.15, -0.1) is 0 Å². The lowest BCUT2D eigenvalue weighted by molar-refractivity contribution is 0.104. The van der Waals surface area contributed by atoms with Crippen LogP contribution in [0.1, 0.15) is 36.6 Å². The van der Waals surface area contributed by atoms with E-state index in [0.29, 0.717) is 5.92 Å². The second kappa shape index (κ2) is 6.45. The first-order valence-electron chi connectivity index (χ1n) is 7.67. The molecule has 2 aromatic heterocycles. The molecule has 114 valence electrons. The van der Waals surface area contributed by atoms with Gasteiger partial charge in [0.05, 0.1) is 24.8 Å². The summed E-state index contributed by atoms with van der Waals surface area (Å²) < 4.78 is 12.9. The molecular formula is C16H23N3O2. The summed E-state index contributed by atoms with van der Waals surface area (Å²) in [6.45, 7) is 9.42. The Morgan fingerprint density at radius 1 is 1.43 bits per heavy atom. The molecule has 3 heterocycles. The van der Waals surface area contributed by atoms with Gasteiger partial charge in [-0.1, -0.05) is 0 Å². The van der Waals surface area contributed by atoms with Gasteiger partial charge in [-0.05, 0) is 19.9 Å². The van der Waals surface area contributed by atoms with Gasteiger partial charge < -0.3 is 9.15 Å². The molecule has 1 unspecified atom stereocenters. The van der Waals surface area contributed by atoms with Crippen LogP contribution < -0.4 is 0 Å². The monoisotopic (exact) mass is 289 g/mol. The van der Waals surface area contributed by atoms with Crippen molar-refractivity contribution >= 4 is 0 Å². The average molecular weight is 289 g/mol. The lowest BCUT2D eigenvalue weighted by Crippen LogP contribution is -2.34. The second-order valence-electron chi connectivity index (χ2n) is 5.55. The fourth-order valence-electron chi connectivity index (χ4n) is 2.96. The molecule has 5 nitrogen and oxygen atoms in total. The van der Waals surface area contributed by atoms with Crippen molar-refractivity contribution in [2.75, 3.05) is 19.8 Å². The van der Waals surface area contributed by atoms with Gasteiger partial charge in [-0.2, -0.15) is 5.10 Å². The average Bonchev–Trinajstić information content (AvgIpc) is 3.13. The Morgan fingerprint density at radius 2 is 2.33 bits per heavy atom. The third-order valence-electron chi connectivity index (χ3n) is 3.96. The molecule has 0 aromatic carbocycles. The Hall–Kier alpha value is -1.59. The van der Waals surface area contributed by atoms with E-state index in [4.69, 9.17) is 14.3 Å². The molecule has 0 N–H and O–H groups in total. The molecule has 0 bridgehead atoms. The van der Waals surface area contributed by atoms with E-state index < -0.39 is 0 Å². The minimum absolute atomic E-state index is 0.355. The first kappa shape index (κ1) is 14.4. The molecule has 1 aliphatic heterocycles. The lowest BCUT2D eigenvalue weighted by Gasteiger charge is -2.31. The van der Waals surface area contributed by atoms with Crippen LogP contribution in [0.15, 0.2) is 29.2 Å². The second-order valence-corrected chi connectivity index (χ2v) is 5.55. The zero-order chi connectivity index (χ0) is 14.7. The van der Waals surface area contributed by atoms with Crippen LogP contribution in [0.3, 0.4) is 0 Å². The van der Waals surface area contributed by atoms with Gasteiger partial charge in [-0.3, -0.25) is 9.58 Å². The number of hydrogen-bond donors (Lipinski definition) is 0. The van der Waals surface area contributed by atoms with Gasteiger partial charge >= 0.3 is 0 Å². The molecule has 0 spiro atoms. The van der Waals surface area contributed by atoms with Crippen molar-refractivity contribution in [3.8, 4) is 0 Å². The van der Waals surface area contributed by atoms with Crippen LogP contribution in [0.4, 0.5) is 0 Å². The molecule has 0 amide bonds. The van der Waals surface area contributed by atoms with Gasteiger partial charge in [0, 0.05) is 56.0 Å². The van der Waals surface area contributed by atoms with E-state index in [1.807, 2.05) is 23.9 Å². The molecule has 1 atom stereocenters. The highest BCUT2D eigenvalue weighted by Gasteiger charge is 2.28. The number of nitrogens with zero attached hydrogens (tertiary/aromatic N) is 3. The van der Waals surface area contributed by atoms with Gasteiger partial charge in [0.25, 0.3) is 0 Å². The van der Waals surface area contributed by atoms with Gasteiger partial charge in [0.1, 0.15) is 0 Å². The first-order chi connectivity index (χ1) is 10.3. The van der Waals surface area contributed by atoms with Crippen molar-refractivity contribution in [1.29, 1.82) is 0 Å². The summed E-state index contributed by atoms with van der Waals surface area (Å²) in [4.78, 5) is 2.44. The maximum atomic E-state index is 5.66. The predicted octanol–water partition coefficient (Wildman–Crippen LogP) is 2.63. The Morgan fingerprint density at radius 3 is 3.05 bits per heavy atom. The predicted molar refractivity (Wildman–Crippen MR) is 80.0 cm³/mol. The SMILES string of the molecule is CCOCC1CN(Cc2ccoc2)Cc2cn(CC)nc21. The molecule has 0 saturated carbocycles. The molecule has 21 heavy (non-hydrogen) atoms. The Bertz CT molecular complexity index is 562. The van der Waals surface area contributed by atoms with E-state index in [2.05, 4.69) is 18.0 Å². The summed E-state index contributed by atoms with van der Waals surface area (Å²) in [6.07, 6.45) is 5.73. The number of aromatic nitrogens is 2. The third kappa shape index (κ3) is 3.19. The van der Waals surface area contributed by atoms with Crippen molar-refractivity contribution in [2.45, 2.75) is 39.4 Å². The Labute approximate surface area is 125 Å². The standard InChI is InChI=1S/C16H23N3O2/c1-3-19-10-14-8-18(7-13-5-6-21-11-13)9-15(12-20-4-2)16(14)17-19/h5-6,10-11,15H,3-4,7-9,12H2,1-2H3. The summed E-state index contributed by atoms with van der Waals surface area (Å²) in [5.41, 5.74) is 3.77. The van der Waals surface area contributed by atoms with Gasteiger partial charge in [0.2, 0.25) is 0 Å². The highest BCUT2D eigenvalue weighted by Crippen LogP contribution is 2.28. The summed E-state index contributed by atoms with van der Waals surface area (Å²) in [5, 5.41) is 4.73. The summed E-state index contributed by atoms with van der Waals surface area (Å²) in [6, 6.07) is 2.03. The molecule has 2 aromatic rings. The smallest absolute Gasteiger partial charge is 0.0947 e. The van der Waals surface area contributed by atoms with Crippen LogP contribution >= 0.6 is 0 Å². The minimum atomic E-state index is 0.355. The van der Waals surface area contributed by atoms with Crippen LogP contribution in [-0.4, -0.2) is 34.4 Å². The highest BCUT2D eigenvalue weighted by atomic mass is 16.5. The molecule has 0 saturated heterocycles. The first-order valence-corrected chi connectivity index (χ1v) is 7.67. The number of ether oxygens (including phenoxy) is 1. The molecule has 3 rings (SSSR count). The van der Waals surface area contributed by atoms with E-state index in [1.165, 1.54) is 16.8 Å². The van der Waals surface area contributed by atoms with E-state index in [-0.39, 0.29) is 0 Å². The minimum Gasteiger partial charge on any atom is -0.472 e. The van der Waals surface area contributed by atoms with Crippen LogP contribution in [0.25, 0.3) is 0 Å². The largest absolute Gasteiger partial charge is 0.472 e. The van der Waals surface area contributed by atoms with Crippen molar-refractivity contribution < 1.29 is 9.15 Å². The van der Waals surface area contributed by atoms with Crippen LogP contribution in [0.5, 0.6) is 0 Å². The fourth-order valence-corrected chi connectivity index (χ4v) is 2.96. The third-order valence-corrected chi connectivity index (χ3v) is 3.96. The Balaban J connectivity index is 1.77. The molecular weight excluding hydrogens is 266 g/mol. The molecule has 0 aliphatic carbocycles. The van der Waals surface area contributed by atoms with E-state index >= 15 is 0 Å². The quantitative estimate of drug-likeness (QED) is 0.820. The summed E-state index contributed by atoms with van der Waals surface area (Å²) in [7, 11) is 0. The van der Waals surface area contributed by atoms with E-state index in [1.54, 1.807) is 6.26 Å². The van der Waals surface area contributed by atoms with E-state index in [0.717, 1.165) is 39.4 Å². The Kier molecular flexibility index (Phi) is 4.41. The van der Waals surface area contributed by atoms with Crippen molar-refractivity contribution in [3.05, 3.63) is 41.6 Å². The maximum Gasteiger partial charge on any atom is 0.0947 e. The normalized spacial score (nSPS) is 18.9. The van der Waals surface area contributed by atoms with Crippen LogP contribution in [0, 0.1) is 0 Å². The number of furan rings is 1. The fraction of sp³-hybridized carbons (Fsp3) is 0.562. The van der Waals surface area contributed by atoms with Gasteiger partial charge in [0.15, 0.2) is 0 Å². The zero-order valence-electron chi connectivity index (χ0n) is 12.8. The van der Waals surface area contributed by atoms with Crippen LogP contribution in [-0.2, 0) is 24.4 Å². The number of fused-ring (bicyclic) bond motifs is 1. The molecule has 0 fully saturated rings. The van der Waals surface area contributed by atoms with Crippen molar-refractivity contribution in [2.24, 2.45) is 0 Å². The van der Waals surface area contributed by atoms with E-state index in [9.17, 15) is 0 Å². The molecule has 5 heteroatoms. The maximum absolute atomic E-state index is 5.66. The summed E-state index contributed by atoms with van der Waals surface area (Å²) >= 11 is 0. The topological polar surface area (TPSA) is 43.4 Å². The van der Waals surface area contributed by atoms with Crippen molar-refractivity contribution in [3.63, 3.8) is 0 Å². The van der Waals surface area contributed by atoms with Gasteiger partial charge in [-0.25, -0.2) is 0 Å². The lowest BCUT2D eigenvalue weighted by atomic mass is 9.97.